The van der Waals surface area contributed by atoms with E-state index >= 15 is 0 Å². The zero-order chi connectivity index (χ0) is 14.0. The molecule has 2 aromatic rings. The van der Waals surface area contributed by atoms with Crippen LogP contribution in [0.5, 0.6) is 0 Å². The van der Waals surface area contributed by atoms with Crippen LogP contribution >= 0.6 is 11.6 Å². The van der Waals surface area contributed by atoms with Gasteiger partial charge in [-0.15, -0.1) is 21.8 Å². The minimum Gasteiger partial charge on any atom is -0.282 e. The molecule has 0 N–H and O–H groups in total. The maximum absolute atomic E-state index is 5.93. The predicted molar refractivity (Wildman–Crippen MR) is 79.0 cm³/mol. The Morgan fingerprint density at radius 2 is 1.63 bits per heavy atom. The van der Waals surface area contributed by atoms with E-state index in [1.807, 2.05) is 4.57 Å². The Kier molecular flexibility index (Phi) is 3.95. The Balaban J connectivity index is 2.45. The Morgan fingerprint density at radius 1 is 1.05 bits per heavy atom. The first-order valence-electron chi connectivity index (χ1n) is 6.57. The molecule has 1 aromatic carbocycles. The second-order valence-corrected chi connectivity index (χ2v) is 5.92. The van der Waals surface area contributed by atoms with Crippen molar-refractivity contribution in [2.24, 2.45) is 0 Å². The van der Waals surface area contributed by atoms with Gasteiger partial charge in [-0.3, -0.25) is 4.57 Å². The zero-order valence-corrected chi connectivity index (χ0v) is 12.7. The van der Waals surface area contributed by atoms with Gasteiger partial charge in [-0.05, 0) is 23.1 Å². The highest BCUT2D eigenvalue weighted by atomic mass is 35.5. The third-order valence-electron chi connectivity index (χ3n) is 3.22. The summed E-state index contributed by atoms with van der Waals surface area (Å²) in [5.74, 6) is 2.11. The Hall–Kier alpha value is -1.35. The van der Waals surface area contributed by atoms with Crippen LogP contribution in [0.2, 0.25) is 0 Å². The molecular weight excluding hydrogens is 258 g/mol. The Labute approximate surface area is 119 Å². The second-order valence-electron chi connectivity index (χ2n) is 5.65. The molecule has 0 fully saturated rings. The summed E-state index contributed by atoms with van der Waals surface area (Å²) in [4.78, 5) is 0. The summed E-state index contributed by atoms with van der Waals surface area (Å²) in [5.41, 5.74) is 2.55. The van der Waals surface area contributed by atoms with E-state index in [4.69, 9.17) is 11.6 Å². The summed E-state index contributed by atoms with van der Waals surface area (Å²) in [7, 11) is 0. The Morgan fingerprint density at radius 3 is 2.11 bits per heavy atom. The highest BCUT2D eigenvalue weighted by Gasteiger charge is 2.15. The molecule has 0 unspecified atom stereocenters. The number of aryl methyl sites for hydroxylation is 1. The van der Waals surface area contributed by atoms with Gasteiger partial charge in [0.15, 0.2) is 5.82 Å². The van der Waals surface area contributed by atoms with Crippen molar-refractivity contribution in [1.29, 1.82) is 0 Å². The average Bonchev–Trinajstić information content (AvgIpc) is 2.80. The molecule has 3 nitrogen and oxygen atoms in total. The minimum absolute atomic E-state index is 0.161. The molecule has 2 rings (SSSR count). The van der Waals surface area contributed by atoms with E-state index < -0.39 is 0 Å². The van der Waals surface area contributed by atoms with Gasteiger partial charge in [0.05, 0.1) is 5.88 Å². The molecule has 1 aromatic heterocycles. The van der Waals surface area contributed by atoms with Crippen LogP contribution < -0.4 is 0 Å². The van der Waals surface area contributed by atoms with Crippen LogP contribution in [0.4, 0.5) is 0 Å². The van der Waals surface area contributed by atoms with Gasteiger partial charge in [0.1, 0.15) is 5.82 Å². The van der Waals surface area contributed by atoms with Crippen molar-refractivity contribution in [3.8, 4) is 5.69 Å². The van der Waals surface area contributed by atoms with Crippen molar-refractivity contribution in [2.45, 2.75) is 45.4 Å². The lowest BCUT2D eigenvalue weighted by Gasteiger charge is -2.19. The number of hydrogen-bond acceptors (Lipinski definition) is 2. The van der Waals surface area contributed by atoms with Gasteiger partial charge in [-0.1, -0.05) is 39.8 Å². The fourth-order valence-electron chi connectivity index (χ4n) is 2.08. The van der Waals surface area contributed by atoms with Crippen molar-refractivity contribution in [3.05, 3.63) is 41.5 Å². The summed E-state index contributed by atoms with van der Waals surface area (Å²) >= 11 is 5.93. The number of benzene rings is 1. The second kappa shape index (κ2) is 5.33. The lowest BCUT2D eigenvalue weighted by Crippen LogP contribution is -2.11. The van der Waals surface area contributed by atoms with Crippen LogP contribution in [0.1, 0.15) is 44.9 Å². The van der Waals surface area contributed by atoms with Crippen molar-refractivity contribution in [1.82, 2.24) is 14.8 Å². The van der Waals surface area contributed by atoms with E-state index in [2.05, 4.69) is 62.2 Å². The SMILES string of the molecule is CCc1nnc(CCl)n1-c1ccc(C(C)(C)C)cc1. The van der Waals surface area contributed by atoms with Crippen LogP contribution in [0, 0.1) is 0 Å². The van der Waals surface area contributed by atoms with E-state index in [1.165, 1.54) is 5.56 Å². The predicted octanol–water partition coefficient (Wildman–Crippen LogP) is 3.87. The molecule has 0 spiro atoms. The monoisotopic (exact) mass is 277 g/mol. The molecule has 1 heterocycles. The molecule has 0 saturated carbocycles. The highest BCUT2D eigenvalue weighted by molar-refractivity contribution is 6.16. The average molecular weight is 278 g/mol. The third kappa shape index (κ3) is 2.81. The minimum atomic E-state index is 0.161. The fraction of sp³-hybridized carbons (Fsp3) is 0.467. The Bertz CT molecular complexity index is 528. The van der Waals surface area contributed by atoms with Crippen molar-refractivity contribution >= 4 is 11.6 Å². The molecule has 0 aliphatic heterocycles. The van der Waals surface area contributed by atoms with Crippen molar-refractivity contribution < 1.29 is 0 Å². The number of hydrogen-bond donors (Lipinski definition) is 0. The summed E-state index contributed by atoms with van der Waals surface area (Å²) in [5, 5.41) is 8.32. The van der Waals surface area contributed by atoms with Gasteiger partial charge in [-0.25, -0.2) is 0 Å². The molecule has 4 heteroatoms. The van der Waals surface area contributed by atoms with Gasteiger partial charge >= 0.3 is 0 Å². The topological polar surface area (TPSA) is 30.7 Å². The molecule has 102 valence electrons. The largest absolute Gasteiger partial charge is 0.282 e. The number of nitrogens with zero attached hydrogens (tertiary/aromatic N) is 3. The number of alkyl halides is 1. The summed E-state index contributed by atoms with van der Waals surface area (Å²) in [6, 6.07) is 8.54. The molecule has 0 amide bonds. The molecular formula is C15H20ClN3. The molecule has 0 radical (unpaired) electrons. The highest BCUT2D eigenvalue weighted by Crippen LogP contribution is 2.24. The van der Waals surface area contributed by atoms with E-state index in [9.17, 15) is 0 Å². The van der Waals surface area contributed by atoms with Crippen LogP contribution in [0.15, 0.2) is 24.3 Å². The molecule has 0 aliphatic rings. The zero-order valence-electron chi connectivity index (χ0n) is 11.9. The maximum atomic E-state index is 5.93. The fourth-order valence-corrected chi connectivity index (χ4v) is 2.25. The molecule has 0 bridgehead atoms. The van der Waals surface area contributed by atoms with Crippen LogP contribution in [-0.4, -0.2) is 14.8 Å². The van der Waals surface area contributed by atoms with Crippen LogP contribution in [0.25, 0.3) is 5.69 Å². The summed E-state index contributed by atoms with van der Waals surface area (Å²) < 4.78 is 2.04. The van der Waals surface area contributed by atoms with E-state index in [-0.39, 0.29) is 5.41 Å². The van der Waals surface area contributed by atoms with Gasteiger partial charge in [0, 0.05) is 12.1 Å². The normalized spacial score (nSPS) is 11.8. The smallest absolute Gasteiger partial charge is 0.152 e. The molecule has 0 aliphatic carbocycles. The standard InChI is InChI=1S/C15H20ClN3/c1-5-13-17-18-14(10-16)19(13)12-8-6-11(7-9-12)15(2,3)4/h6-9H,5,10H2,1-4H3. The summed E-state index contributed by atoms with van der Waals surface area (Å²) in [6.07, 6.45) is 0.838. The van der Waals surface area contributed by atoms with E-state index in [0.717, 1.165) is 23.8 Å². The van der Waals surface area contributed by atoms with Gasteiger partial charge in [0.25, 0.3) is 0 Å². The molecule has 0 saturated heterocycles. The lowest BCUT2D eigenvalue weighted by atomic mass is 9.87. The quantitative estimate of drug-likeness (QED) is 0.798. The first-order valence-corrected chi connectivity index (χ1v) is 7.11. The van der Waals surface area contributed by atoms with Crippen molar-refractivity contribution in [2.75, 3.05) is 0 Å². The van der Waals surface area contributed by atoms with Crippen molar-refractivity contribution in [3.63, 3.8) is 0 Å². The van der Waals surface area contributed by atoms with Crippen LogP contribution in [0.3, 0.4) is 0 Å². The first-order chi connectivity index (χ1) is 8.97. The van der Waals surface area contributed by atoms with Gasteiger partial charge < -0.3 is 0 Å². The molecule has 0 atom stereocenters. The number of aromatic nitrogens is 3. The number of halogens is 1. The van der Waals surface area contributed by atoms with E-state index in [0.29, 0.717) is 5.88 Å². The first kappa shape index (κ1) is 14.1. The number of rotatable bonds is 3. The van der Waals surface area contributed by atoms with Crippen LogP contribution in [-0.2, 0) is 17.7 Å². The maximum Gasteiger partial charge on any atom is 0.152 e. The lowest BCUT2D eigenvalue weighted by molar-refractivity contribution is 0.590. The van der Waals surface area contributed by atoms with Gasteiger partial charge in [0.2, 0.25) is 0 Å². The third-order valence-corrected chi connectivity index (χ3v) is 3.46. The summed E-state index contributed by atoms with van der Waals surface area (Å²) in [6.45, 7) is 8.70. The van der Waals surface area contributed by atoms with E-state index in [1.54, 1.807) is 0 Å². The van der Waals surface area contributed by atoms with Gasteiger partial charge in [-0.2, -0.15) is 0 Å². The molecule has 19 heavy (non-hydrogen) atoms.